The van der Waals surface area contributed by atoms with Gasteiger partial charge in [-0.1, -0.05) is 36.4 Å². The van der Waals surface area contributed by atoms with E-state index in [4.69, 9.17) is 0 Å². The summed E-state index contributed by atoms with van der Waals surface area (Å²) in [6.45, 7) is 6.34. The highest BCUT2D eigenvalue weighted by Crippen LogP contribution is 2.23. The molecular weight excluding hydrogens is 434 g/mol. The zero-order chi connectivity index (χ0) is 23.3. The second-order valence-corrected chi connectivity index (χ2v) is 11.0. The van der Waals surface area contributed by atoms with Gasteiger partial charge in [0.25, 0.3) is 0 Å². The van der Waals surface area contributed by atoms with Gasteiger partial charge >= 0.3 is 0 Å². The Hall–Kier alpha value is -2.22. The molecule has 2 aromatic carbocycles. The molecule has 2 saturated heterocycles. The van der Waals surface area contributed by atoms with Gasteiger partial charge in [-0.05, 0) is 74.4 Å². The van der Waals surface area contributed by atoms with E-state index in [2.05, 4.69) is 40.8 Å². The minimum absolute atomic E-state index is 0.169. The van der Waals surface area contributed by atoms with Crippen LogP contribution in [0.5, 0.6) is 0 Å². The van der Waals surface area contributed by atoms with Crippen LogP contribution in [0.4, 0.5) is 0 Å². The van der Waals surface area contributed by atoms with Gasteiger partial charge in [0, 0.05) is 38.6 Å². The first kappa shape index (κ1) is 23.9. The van der Waals surface area contributed by atoms with Crippen LogP contribution in [-0.2, 0) is 21.2 Å². The molecule has 178 valence electrons. The fourth-order valence-electron chi connectivity index (χ4n) is 4.79. The number of rotatable bonds is 10. The summed E-state index contributed by atoms with van der Waals surface area (Å²) < 4.78 is 27.8. The largest absolute Gasteiger partial charge is 0.343 e. The van der Waals surface area contributed by atoms with Gasteiger partial charge in [-0.3, -0.25) is 4.79 Å². The summed E-state index contributed by atoms with van der Waals surface area (Å²) in [4.78, 5) is 16.3. The number of likely N-dealkylation sites (tertiary alicyclic amines) is 2. The van der Waals surface area contributed by atoms with E-state index in [9.17, 15) is 13.2 Å². The first-order valence-corrected chi connectivity index (χ1v) is 13.6. The SMILES string of the molecule is CC1CCCN1CCc1ccc(-c2ccc(S(=O)(=O)NCCCN3CCCC3=O)cc2)cc1. The zero-order valence-electron chi connectivity index (χ0n) is 19.5. The lowest BCUT2D eigenvalue weighted by Crippen LogP contribution is -2.30. The number of nitrogens with zero attached hydrogens (tertiary/aromatic N) is 2. The second kappa shape index (κ2) is 10.8. The van der Waals surface area contributed by atoms with Gasteiger partial charge < -0.3 is 9.80 Å². The molecule has 4 rings (SSSR count). The molecule has 0 spiro atoms. The van der Waals surface area contributed by atoms with Crippen LogP contribution in [0.25, 0.3) is 11.1 Å². The fourth-order valence-corrected chi connectivity index (χ4v) is 5.86. The van der Waals surface area contributed by atoms with E-state index in [1.54, 1.807) is 17.0 Å². The van der Waals surface area contributed by atoms with Crippen molar-refractivity contribution >= 4 is 15.9 Å². The summed E-state index contributed by atoms with van der Waals surface area (Å²) in [7, 11) is -3.55. The molecule has 0 bridgehead atoms. The molecular formula is C26H35N3O3S. The first-order valence-electron chi connectivity index (χ1n) is 12.1. The van der Waals surface area contributed by atoms with Gasteiger partial charge in [0.15, 0.2) is 0 Å². The van der Waals surface area contributed by atoms with E-state index in [1.165, 1.54) is 24.9 Å². The Morgan fingerprint density at radius 1 is 0.939 bits per heavy atom. The van der Waals surface area contributed by atoms with E-state index in [-0.39, 0.29) is 10.8 Å². The summed E-state index contributed by atoms with van der Waals surface area (Å²) in [6.07, 6.45) is 5.79. The molecule has 2 fully saturated rings. The minimum Gasteiger partial charge on any atom is -0.343 e. The van der Waals surface area contributed by atoms with Crippen molar-refractivity contribution in [1.29, 1.82) is 0 Å². The molecule has 1 atom stereocenters. The molecule has 6 nitrogen and oxygen atoms in total. The smallest absolute Gasteiger partial charge is 0.240 e. The van der Waals surface area contributed by atoms with Gasteiger partial charge in [-0.25, -0.2) is 13.1 Å². The first-order chi connectivity index (χ1) is 15.9. The van der Waals surface area contributed by atoms with Gasteiger partial charge in [-0.2, -0.15) is 0 Å². The molecule has 2 aromatic rings. The lowest BCUT2D eigenvalue weighted by Gasteiger charge is -2.20. The molecule has 2 aliphatic heterocycles. The van der Waals surface area contributed by atoms with E-state index >= 15 is 0 Å². The van der Waals surface area contributed by atoms with Crippen molar-refractivity contribution in [3.05, 3.63) is 54.1 Å². The second-order valence-electron chi connectivity index (χ2n) is 9.23. The molecule has 1 amide bonds. The molecule has 2 heterocycles. The molecule has 0 aromatic heterocycles. The summed E-state index contributed by atoms with van der Waals surface area (Å²) in [6, 6.07) is 16.3. The standard InChI is InChI=1S/C26H35N3O3S/c1-21-5-2-17-28(21)20-15-22-7-9-23(10-8-22)24-11-13-25(14-12-24)33(31,32)27-16-4-19-29-18-3-6-26(29)30/h7-14,21,27H,2-6,15-20H2,1H3. The number of nitrogens with one attached hydrogen (secondary N) is 1. The molecule has 7 heteroatoms. The molecule has 33 heavy (non-hydrogen) atoms. The van der Waals surface area contributed by atoms with Crippen molar-refractivity contribution in [2.75, 3.05) is 32.7 Å². The van der Waals surface area contributed by atoms with Crippen LogP contribution >= 0.6 is 0 Å². The number of amides is 1. The zero-order valence-corrected chi connectivity index (χ0v) is 20.3. The maximum atomic E-state index is 12.6. The molecule has 1 N–H and O–H groups in total. The van der Waals surface area contributed by atoms with Crippen LogP contribution in [-0.4, -0.2) is 62.9 Å². The lowest BCUT2D eigenvalue weighted by atomic mass is 10.0. The summed E-state index contributed by atoms with van der Waals surface area (Å²) in [5.41, 5.74) is 3.42. The van der Waals surface area contributed by atoms with Crippen molar-refractivity contribution < 1.29 is 13.2 Å². The molecule has 0 saturated carbocycles. The lowest BCUT2D eigenvalue weighted by molar-refractivity contribution is -0.127. The minimum atomic E-state index is -3.55. The number of hydrogen-bond donors (Lipinski definition) is 1. The van der Waals surface area contributed by atoms with E-state index < -0.39 is 10.0 Å². The third-order valence-electron chi connectivity index (χ3n) is 6.90. The number of benzene rings is 2. The monoisotopic (exact) mass is 469 g/mol. The maximum Gasteiger partial charge on any atom is 0.240 e. The van der Waals surface area contributed by atoms with Gasteiger partial charge in [0.05, 0.1) is 4.90 Å². The summed E-state index contributed by atoms with van der Waals surface area (Å²) >= 11 is 0. The van der Waals surface area contributed by atoms with Gasteiger partial charge in [0.1, 0.15) is 0 Å². The molecule has 0 aliphatic carbocycles. The third kappa shape index (κ3) is 6.22. The predicted molar refractivity (Wildman–Crippen MR) is 131 cm³/mol. The topological polar surface area (TPSA) is 69.7 Å². The van der Waals surface area contributed by atoms with Crippen LogP contribution in [0.1, 0.15) is 44.6 Å². The van der Waals surface area contributed by atoms with E-state index in [1.807, 2.05) is 12.1 Å². The van der Waals surface area contributed by atoms with Crippen LogP contribution in [0.2, 0.25) is 0 Å². The predicted octanol–water partition coefficient (Wildman–Crippen LogP) is 3.67. The van der Waals surface area contributed by atoms with Crippen LogP contribution in [0.15, 0.2) is 53.4 Å². The van der Waals surface area contributed by atoms with Crippen molar-refractivity contribution in [3.63, 3.8) is 0 Å². The maximum absolute atomic E-state index is 12.6. The molecule has 2 aliphatic rings. The average Bonchev–Trinajstić information content (AvgIpc) is 3.43. The van der Waals surface area contributed by atoms with Crippen molar-refractivity contribution in [3.8, 4) is 11.1 Å². The Bertz CT molecular complexity index is 1040. The Balaban J connectivity index is 1.28. The Labute approximate surface area is 198 Å². The van der Waals surface area contributed by atoms with Crippen LogP contribution in [0, 0.1) is 0 Å². The van der Waals surface area contributed by atoms with Crippen molar-refractivity contribution in [2.24, 2.45) is 0 Å². The Kier molecular flexibility index (Phi) is 7.83. The van der Waals surface area contributed by atoms with Crippen molar-refractivity contribution in [2.45, 2.75) is 56.4 Å². The number of hydrogen-bond acceptors (Lipinski definition) is 4. The fraction of sp³-hybridized carbons (Fsp3) is 0.500. The number of carbonyl (C=O) groups is 1. The molecule has 0 radical (unpaired) electrons. The highest BCUT2D eigenvalue weighted by molar-refractivity contribution is 7.89. The normalized spacial score (nSPS) is 19.5. The number of carbonyl (C=O) groups excluding carboxylic acids is 1. The van der Waals surface area contributed by atoms with Gasteiger partial charge in [-0.15, -0.1) is 0 Å². The summed E-state index contributed by atoms with van der Waals surface area (Å²) in [5, 5.41) is 0. The van der Waals surface area contributed by atoms with Crippen LogP contribution < -0.4 is 4.72 Å². The van der Waals surface area contributed by atoms with Crippen molar-refractivity contribution in [1.82, 2.24) is 14.5 Å². The Morgan fingerprint density at radius 3 is 2.24 bits per heavy atom. The highest BCUT2D eigenvalue weighted by Gasteiger charge is 2.20. The summed E-state index contributed by atoms with van der Waals surface area (Å²) in [5.74, 6) is 0.169. The number of sulfonamides is 1. The quantitative estimate of drug-likeness (QED) is 0.539. The average molecular weight is 470 g/mol. The molecule has 1 unspecified atom stereocenters. The van der Waals surface area contributed by atoms with E-state index in [0.29, 0.717) is 32.0 Å². The highest BCUT2D eigenvalue weighted by atomic mass is 32.2. The third-order valence-corrected chi connectivity index (χ3v) is 8.38. The van der Waals surface area contributed by atoms with Gasteiger partial charge in [0.2, 0.25) is 15.9 Å². The van der Waals surface area contributed by atoms with Crippen LogP contribution in [0.3, 0.4) is 0 Å². The Morgan fingerprint density at radius 2 is 1.64 bits per heavy atom. The van der Waals surface area contributed by atoms with E-state index in [0.717, 1.165) is 37.1 Å².